The Hall–Kier alpha value is -1.24. The average Bonchev–Trinajstić information content (AvgIpc) is 2.77. The summed E-state index contributed by atoms with van der Waals surface area (Å²) in [6.07, 6.45) is 0. The largest absolute Gasteiger partial charge is 0.348 e. The lowest BCUT2D eigenvalue weighted by Crippen LogP contribution is -2.34. The molecule has 0 spiro atoms. The van der Waals surface area contributed by atoms with E-state index in [0.29, 0.717) is 24.1 Å². The van der Waals surface area contributed by atoms with E-state index in [2.05, 4.69) is 9.97 Å². The highest BCUT2D eigenvalue weighted by Gasteiger charge is 2.12. The minimum Gasteiger partial charge on any atom is -0.348 e. The first-order valence-electron chi connectivity index (χ1n) is 5.75. The topological polar surface area (TPSA) is 49.3 Å². The molecule has 1 amide bonds. The highest BCUT2D eigenvalue weighted by atomic mass is 35.5. The summed E-state index contributed by atoms with van der Waals surface area (Å²) in [4.78, 5) is 24.6. The van der Waals surface area contributed by atoms with E-state index in [-0.39, 0.29) is 5.91 Å². The maximum Gasteiger partial charge on any atom is 0.236 e. The zero-order valence-electron chi connectivity index (χ0n) is 11.1. The predicted molar refractivity (Wildman–Crippen MR) is 77.5 cm³/mol. The summed E-state index contributed by atoms with van der Waals surface area (Å²) in [6, 6.07) is 1.91. The molecule has 2 heterocycles. The second-order valence-electron chi connectivity index (χ2n) is 4.53. The van der Waals surface area contributed by atoms with Crippen LogP contribution in [0.5, 0.6) is 0 Å². The Morgan fingerprint density at radius 2 is 2.11 bits per heavy atom. The van der Waals surface area contributed by atoms with E-state index in [1.165, 1.54) is 11.3 Å². The third kappa shape index (κ3) is 3.40. The minimum atomic E-state index is 0.0470. The number of aromatic nitrogens is 2. The molecule has 0 aliphatic carbocycles. The highest BCUT2D eigenvalue weighted by Crippen LogP contribution is 2.24. The van der Waals surface area contributed by atoms with E-state index in [1.54, 1.807) is 19.0 Å². The van der Waals surface area contributed by atoms with Gasteiger partial charge in [-0.3, -0.25) is 9.69 Å². The first-order chi connectivity index (χ1) is 8.97. The van der Waals surface area contributed by atoms with Crippen LogP contribution >= 0.6 is 22.9 Å². The number of carbonyl (C=O) groups excluding carboxylic acids is 1. The molecule has 0 atom stereocenters. The van der Waals surface area contributed by atoms with Crippen LogP contribution in [0.2, 0.25) is 5.15 Å². The van der Waals surface area contributed by atoms with Crippen molar-refractivity contribution in [1.82, 2.24) is 19.8 Å². The van der Waals surface area contributed by atoms with Crippen LogP contribution in [0.3, 0.4) is 0 Å². The molecule has 2 aromatic rings. The molecule has 0 aliphatic rings. The van der Waals surface area contributed by atoms with Gasteiger partial charge in [-0.1, -0.05) is 11.6 Å². The van der Waals surface area contributed by atoms with Crippen molar-refractivity contribution in [2.45, 2.75) is 6.54 Å². The van der Waals surface area contributed by atoms with Gasteiger partial charge in [0.1, 0.15) is 15.8 Å². The monoisotopic (exact) mass is 298 g/mol. The molecule has 7 heteroatoms. The highest BCUT2D eigenvalue weighted by molar-refractivity contribution is 7.16. The lowest BCUT2D eigenvalue weighted by Gasteiger charge is -2.18. The van der Waals surface area contributed by atoms with Crippen molar-refractivity contribution in [2.75, 3.05) is 27.7 Å². The van der Waals surface area contributed by atoms with Gasteiger partial charge in [0.05, 0.1) is 13.1 Å². The van der Waals surface area contributed by atoms with Gasteiger partial charge in [0.25, 0.3) is 0 Å². The Balaban J connectivity index is 2.10. The summed E-state index contributed by atoms with van der Waals surface area (Å²) < 4.78 is 0. The zero-order chi connectivity index (χ0) is 14.0. The molecular formula is C12H15ClN4OS. The lowest BCUT2D eigenvalue weighted by atomic mass is 10.4. The second-order valence-corrected chi connectivity index (χ2v) is 5.78. The molecule has 0 aliphatic heterocycles. The number of rotatable bonds is 4. The van der Waals surface area contributed by atoms with E-state index in [1.807, 2.05) is 23.4 Å². The first kappa shape index (κ1) is 14.2. The van der Waals surface area contributed by atoms with Crippen molar-refractivity contribution in [1.29, 1.82) is 0 Å². The number of likely N-dealkylation sites (N-methyl/N-ethyl adjacent to an activating group) is 2. The molecule has 0 saturated heterocycles. The van der Waals surface area contributed by atoms with Gasteiger partial charge in [-0.25, -0.2) is 9.97 Å². The normalized spacial score (nSPS) is 11.2. The van der Waals surface area contributed by atoms with Crippen molar-refractivity contribution in [2.24, 2.45) is 0 Å². The Labute approximate surface area is 120 Å². The molecule has 0 saturated carbocycles. The number of hydrogen-bond donors (Lipinski definition) is 0. The number of carbonyl (C=O) groups is 1. The van der Waals surface area contributed by atoms with E-state index in [4.69, 9.17) is 11.6 Å². The van der Waals surface area contributed by atoms with Crippen molar-refractivity contribution in [3.8, 4) is 0 Å². The predicted octanol–water partition coefficient (Wildman–Crippen LogP) is 1.86. The Morgan fingerprint density at radius 1 is 1.37 bits per heavy atom. The van der Waals surface area contributed by atoms with Crippen LogP contribution in [-0.4, -0.2) is 53.4 Å². The van der Waals surface area contributed by atoms with Gasteiger partial charge in [0.2, 0.25) is 5.91 Å². The summed E-state index contributed by atoms with van der Waals surface area (Å²) in [5, 5.41) is 3.28. The molecule has 102 valence electrons. The molecule has 0 bridgehead atoms. The minimum absolute atomic E-state index is 0.0470. The van der Waals surface area contributed by atoms with Crippen LogP contribution < -0.4 is 0 Å². The van der Waals surface area contributed by atoms with Gasteiger partial charge in [-0.15, -0.1) is 11.3 Å². The van der Waals surface area contributed by atoms with Crippen molar-refractivity contribution in [3.63, 3.8) is 0 Å². The van der Waals surface area contributed by atoms with Crippen LogP contribution in [0, 0.1) is 0 Å². The van der Waals surface area contributed by atoms with E-state index < -0.39 is 0 Å². The van der Waals surface area contributed by atoms with Crippen LogP contribution in [0.4, 0.5) is 0 Å². The van der Waals surface area contributed by atoms with E-state index in [0.717, 1.165) is 10.2 Å². The number of halogens is 1. The smallest absolute Gasteiger partial charge is 0.236 e. The van der Waals surface area contributed by atoms with Crippen LogP contribution in [0.1, 0.15) is 5.82 Å². The number of thiophene rings is 1. The fourth-order valence-corrected chi connectivity index (χ4v) is 2.69. The third-order valence-corrected chi connectivity index (χ3v) is 3.73. The van der Waals surface area contributed by atoms with Gasteiger partial charge in [-0.05, 0) is 18.5 Å². The summed E-state index contributed by atoms with van der Waals surface area (Å²) in [5.41, 5.74) is 0. The maximum atomic E-state index is 11.6. The standard InChI is InChI=1S/C12H15ClN4OS/c1-16(2)10(18)7-17(3)6-9-14-11(13)8-4-5-19-12(8)15-9/h4-5H,6-7H2,1-3H3. The molecule has 0 unspecified atom stereocenters. The molecule has 19 heavy (non-hydrogen) atoms. The van der Waals surface area contributed by atoms with Crippen molar-refractivity contribution in [3.05, 3.63) is 22.4 Å². The SMILES string of the molecule is CN(CC(=O)N(C)C)Cc1nc(Cl)c2ccsc2n1. The molecule has 0 radical (unpaired) electrons. The number of amides is 1. The Morgan fingerprint density at radius 3 is 2.79 bits per heavy atom. The molecule has 2 rings (SSSR count). The number of hydrogen-bond acceptors (Lipinski definition) is 5. The van der Waals surface area contributed by atoms with Gasteiger partial charge < -0.3 is 4.90 Å². The fraction of sp³-hybridized carbons (Fsp3) is 0.417. The molecule has 0 N–H and O–H groups in total. The van der Waals surface area contributed by atoms with E-state index >= 15 is 0 Å². The molecule has 0 fully saturated rings. The summed E-state index contributed by atoms with van der Waals surface area (Å²) in [7, 11) is 5.33. The van der Waals surface area contributed by atoms with Crippen LogP contribution in [-0.2, 0) is 11.3 Å². The fourth-order valence-electron chi connectivity index (χ4n) is 1.60. The second kappa shape index (κ2) is 5.81. The van der Waals surface area contributed by atoms with Gasteiger partial charge in [0, 0.05) is 19.5 Å². The molecule has 5 nitrogen and oxygen atoms in total. The van der Waals surface area contributed by atoms with Crippen LogP contribution in [0.15, 0.2) is 11.4 Å². The number of nitrogens with zero attached hydrogens (tertiary/aromatic N) is 4. The molecule has 2 aromatic heterocycles. The summed E-state index contributed by atoms with van der Waals surface area (Å²) in [6.45, 7) is 0.823. The maximum absolute atomic E-state index is 11.6. The number of fused-ring (bicyclic) bond motifs is 1. The lowest BCUT2D eigenvalue weighted by molar-refractivity contribution is -0.129. The van der Waals surface area contributed by atoms with Gasteiger partial charge in [-0.2, -0.15) is 0 Å². The summed E-state index contributed by atoms with van der Waals surface area (Å²) >= 11 is 7.64. The Bertz CT molecular complexity index is 598. The Kier molecular flexibility index (Phi) is 4.34. The van der Waals surface area contributed by atoms with Crippen molar-refractivity contribution < 1.29 is 4.79 Å². The molecule has 0 aromatic carbocycles. The third-order valence-electron chi connectivity index (χ3n) is 2.64. The van der Waals surface area contributed by atoms with Crippen LogP contribution in [0.25, 0.3) is 10.2 Å². The van der Waals surface area contributed by atoms with Crippen molar-refractivity contribution >= 4 is 39.1 Å². The van der Waals surface area contributed by atoms with Gasteiger partial charge in [0.15, 0.2) is 0 Å². The summed E-state index contributed by atoms with van der Waals surface area (Å²) in [5.74, 6) is 0.680. The average molecular weight is 299 g/mol. The molecular weight excluding hydrogens is 284 g/mol. The zero-order valence-corrected chi connectivity index (χ0v) is 12.6. The first-order valence-corrected chi connectivity index (χ1v) is 7.01. The van der Waals surface area contributed by atoms with Gasteiger partial charge >= 0.3 is 0 Å². The van der Waals surface area contributed by atoms with E-state index in [9.17, 15) is 4.79 Å². The quantitative estimate of drug-likeness (QED) is 0.809.